The molecule has 0 aromatic carbocycles. The lowest BCUT2D eigenvalue weighted by atomic mass is 10.2. The van der Waals surface area contributed by atoms with Crippen LogP contribution in [0.15, 0.2) is 0 Å². The number of rotatable bonds is 4. The van der Waals surface area contributed by atoms with Gasteiger partial charge in [0.15, 0.2) is 9.84 Å². The molecule has 0 spiro atoms. The van der Waals surface area contributed by atoms with Gasteiger partial charge in [-0.15, -0.1) is 0 Å². The Morgan fingerprint density at radius 2 is 2.00 bits per heavy atom. The quantitative estimate of drug-likeness (QED) is 0.713. The van der Waals surface area contributed by atoms with Gasteiger partial charge < -0.3 is 10.1 Å². The lowest BCUT2D eigenvalue weighted by Gasteiger charge is -2.20. The summed E-state index contributed by atoms with van der Waals surface area (Å²) in [5, 5.41) is 2.78. The minimum absolute atomic E-state index is 0.00182. The molecule has 6 nitrogen and oxygen atoms in total. The van der Waals surface area contributed by atoms with Gasteiger partial charge in [0, 0.05) is 7.11 Å². The Hall–Kier alpha value is -0.660. The lowest BCUT2D eigenvalue weighted by molar-refractivity contribution is -0.123. The molecule has 0 aliphatic carbocycles. The van der Waals surface area contributed by atoms with Gasteiger partial charge >= 0.3 is 0 Å². The zero-order chi connectivity index (χ0) is 13.2. The molecule has 1 amide bonds. The van der Waals surface area contributed by atoms with Crippen molar-refractivity contribution in [2.45, 2.75) is 25.0 Å². The second kappa shape index (κ2) is 5.54. The third kappa shape index (κ3) is 3.43. The Kier molecular flexibility index (Phi) is 4.24. The van der Waals surface area contributed by atoms with Gasteiger partial charge in [0.25, 0.3) is 0 Å². The summed E-state index contributed by atoms with van der Waals surface area (Å²) < 4.78 is 28.1. The number of hydrogen-bond donors (Lipinski definition) is 1. The van der Waals surface area contributed by atoms with Crippen LogP contribution >= 0.6 is 0 Å². The highest BCUT2D eigenvalue weighted by Crippen LogP contribution is 2.15. The SMILES string of the molecule is CO[C@@H]1CS(=O)(=O)C[C@H]1NC(=O)CN1CCCC1. The summed E-state index contributed by atoms with van der Waals surface area (Å²) in [5.74, 6) is -0.129. The van der Waals surface area contributed by atoms with E-state index in [0.29, 0.717) is 6.54 Å². The number of methoxy groups -OCH3 is 1. The predicted molar refractivity (Wildman–Crippen MR) is 67.1 cm³/mol. The highest BCUT2D eigenvalue weighted by atomic mass is 32.2. The first-order valence-corrected chi connectivity index (χ1v) is 8.07. The summed E-state index contributed by atoms with van der Waals surface area (Å²) in [6, 6.07) is -0.407. The molecule has 18 heavy (non-hydrogen) atoms. The van der Waals surface area contributed by atoms with Crippen LogP contribution in [-0.4, -0.2) is 69.6 Å². The summed E-state index contributed by atoms with van der Waals surface area (Å²) in [4.78, 5) is 13.9. The zero-order valence-corrected chi connectivity index (χ0v) is 11.4. The van der Waals surface area contributed by atoms with E-state index in [-0.39, 0.29) is 17.4 Å². The average molecular weight is 276 g/mol. The fourth-order valence-corrected chi connectivity index (χ4v) is 4.43. The number of nitrogens with zero attached hydrogens (tertiary/aromatic N) is 1. The maximum Gasteiger partial charge on any atom is 0.234 e. The topological polar surface area (TPSA) is 75.7 Å². The predicted octanol–water partition coefficient (Wildman–Crippen LogP) is -0.990. The van der Waals surface area contributed by atoms with E-state index in [1.54, 1.807) is 0 Å². The van der Waals surface area contributed by atoms with Crippen LogP contribution in [0.5, 0.6) is 0 Å². The molecule has 2 saturated heterocycles. The maximum atomic E-state index is 11.8. The minimum Gasteiger partial charge on any atom is -0.378 e. The minimum atomic E-state index is -3.08. The Morgan fingerprint density at radius 1 is 1.33 bits per heavy atom. The molecule has 0 bridgehead atoms. The first-order chi connectivity index (χ1) is 8.50. The van der Waals surface area contributed by atoms with Crippen molar-refractivity contribution in [1.82, 2.24) is 10.2 Å². The van der Waals surface area contributed by atoms with Crippen molar-refractivity contribution in [3.8, 4) is 0 Å². The standard InChI is InChI=1S/C11H20N2O4S/c1-17-10-8-18(15,16)7-9(10)12-11(14)6-13-4-2-3-5-13/h9-10H,2-8H2,1H3,(H,12,14)/t9-,10-/m1/s1. The van der Waals surface area contributed by atoms with Crippen molar-refractivity contribution >= 4 is 15.7 Å². The van der Waals surface area contributed by atoms with Gasteiger partial charge in [0.2, 0.25) is 5.91 Å². The molecule has 2 atom stereocenters. The molecule has 1 N–H and O–H groups in total. The van der Waals surface area contributed by atoms with Crippen molar-refractivity contribution in [3.05, 3.63) is 0 Å². The first-order valence-electron chi connectivity index (χ1n) is 6.25. The maximum absolute atomic E-state index is 11.8. The molecule has 0 aromatic heterocycles. The van der Waals surface area contributed by atoms with E-state index in [1.807, 2.05) is 0 Å². The number of sulfone groups is 1. The van der Waals surface area contributed by atoms with Crippen LogP contribution in [0, 0.1) is 0 Å². The smallest absolute Gasteiger partial charge is 0.234 e. The van der Waals surface area contributed by atoms with E-state index >= 15 is 0 Å². The molecule has 7 heteroatoms. The lowest BCUT2D eigenvalue weighted by Crippen LogP contribution is -2.47. The number of ether oxygens (including phenoxy) is 1. The summed E-state index contributed by atoms with van der Waals surface area (Å²) in [6.07, 6.45) is 1.84. The van der Waals surface area contributed by atoms with E-state index in [1.165, 1.54) is 7.11 Å². The van der Waals surface area contributed by atoms with Crippen LogP contribution in [0.3, 0.4) is 0 Å². The van der Waals surface area contributed by atoms with Gasteiger partial charge in [0.1, 0.15) is 0 Å². The largest absolute Gasteiger partial charge is 0.378 e. The first kappa shape index (κ1) is 13.8. The third-order valence-electron chi connectivity index (χ3n) is 3.52. The molecule has 2 rings (SSSR count). The second-order valence-electron chi connectivity index (χ2n) is 5.01. The van der Waals surface area contributed by atoms with E-state index < -0.39 is 22.0 Å². The van der Waals surface area contributed by atoms with E-state index in [4.69, 9.17) is 4.74 Å². The van der Waals surface area contributed by atoms with E-state index in [9.17, 15) is 13.2 Å². The number of hydrogen-bond acceptors (Lipinski definition) is 5. The van der Waals surface area contributed by atoms with Crippen LogP contribution in [0.1, 0.15) is 12.8 Å². The Bertz CT molecular complexity index is 403. The molecule has 0 aromatic rings. The number of carbonyl (C=O) groups excluding carboxylic acids is 1. The van der Waals surface area contributed by atoms with Crippen molar-refractivity contribution < 1.29 is 17.9 Å². The molecule has 2 aliphatic rings. The van der Waals surface area contributed by atoms with Gasteiger partial charge in [0.05, 0.1) is 30.2 Å². The van der Waals surface area contributed by atoms with Crippen molar-refractivity contribution in [2.75, 3.05) is 38.2 Å². The Labute approximate surface area is 108 Å². The fraction of sp³-hybridized carbons (Fsp3) is 0.909. The van der Waals surface area contributed by atoms with Gasteiger partial charge in [-0.3, -0.25) is 9.69 Å². The number of amides is 1. The fourth-order valence-electron chi connectivity index (χ4n) is 2.58. The summed E-state index contributed by atoms with van der Waals surface area (Å²) >= 11 is 0. The molecular formula is C11H20N2O4S. The van der Waals surface area contributed by atoms with Gasteiger partial charge in [-0.25, -0.2) is 8.42 Å². The molecule has 0 unspecified atom stereocenters. The average Bonchev–Trinajstić information content (AvgIpc) is 2.86. The van der Waals surface area contributed by atoms with Crippen LogP contribution in [-0.2, 0) is 19.4 Å². The normalized spacial score (nSPS) is 31.6. The van der Waals surface area contributed by atoms with Gasteiger partial charge in [-0.05, 0) is 25.9 Å². The summed E-state index contributed by atoms with van der Waals surface area (Å²) in [6.45, 7) is 2.25. The molecule has 0 radical (unpaired) electrons. The van der Waals surface area contributed by atoms with Crippen LogP contribution < -0.4 is 5.32 Å². The Morgan fingerprint density at radius 3 is 2.61 bits per heavy atom. The third-order valence-corrected chi connectivity index (χ3v) is 5.22. The van der Waals surface area contributed by atoms with E-state index in [2.05, 4.69) is 10.2 Å². The molecular weight excluding hydrogens is 256 g/mol. The van der Waals surface area contributed by atoms with E-state index in [0.717, 1.165) is 25.9 Å². The zero-order valence-electron chi connectivity index (χ0n) is 10.6. The molecule has 2 fully saturated rings. The summed E-state index contributed by atoms with van der Waals surface area (Å²) in [5.41, 5.74) is 0. The van der Waals surface area contributed by atoms with Gasteiger partial charge in [-0.2, -0.15) is 0 Å². The highest BCUT2D eigenvalue weighted by molar-refractivity contribution is 7.91. The van der Waals surface area contributed by atoms with Gasteiger partial charge in [-0.1, -0.05) is 0 Å². The summed E-state index contributed by atoms with van der Waals surface area (Å²) in [7, 11) is -1.61. The molecule has 2 aliphatic heterocycles. The van der Waals surface area contributed by atoms with Crippen LogP contribution in [0.2, 0.25) is 0 Å². The monoisotopic (exact) mass is 276 g/mol. The Balaban J connectivity index is 1.86. The number of likely N-dealkylation sites (tertiary alicyclic amines) is 1. The van der Waals surface area contributed by atoms with Crippen molar-refractivity contribution in [2.24, 2.45) is 0 Å². The molecule has 104 valence electrons. The second-order valence-corrected chi connectivity index (χ2v) is 7.16. The molecule has 2 heterocycles. The molecule has 0 saturated carbocycles. The highest BCUT2D eigenvalue weighted by Gasteiger charge is 2.38. The number of carbonyl (C=O) groups is 1. The number of nitrogens with one attached hydrogen (secondary N) is 1. The van der Waals surface area contributed by atoms with Crippen LogP contribution in [0.4, 0.5) is 0 Å². The van der Waals surface area contributed by atoms with Crippen molar-refractivity contribution in [3.63, 3.8) is 0 Å². The van der Waals surface area contributed by atoms with Crippen molar-refractivity contribution in [1.29, 1.82) is 0 Å². The van der Waals surface area contributed by atoms with Crippen LogP contribution in [0.25, 0.3) is 0 Å².